The first-order chi connectivity index (χ1) is 24.1. The summed E-state index contributed by atoms with van der Waals surface area (Å²) in [6.45, 7) is 3.65. The van der Waals surface area contributed by atoms with Gasteiger partial charge in [0.2, 0.25) is 0 Å². The summed E-state index contributed by atoms with van der Waals surface area (Å²) in [7, 11) is 0. The first-order valence-electron chi connectivity index (χ1n) is 17.0. The molecule has 0 atom stereocenters. The van der Waals surface area contributed by atoms with E-state index in [1.807, 2.05) is 84.9 Å². The summed E-state index contributed by atoms with van der Waals surface area (Å²) in [5.74, 6) is 14.0. The Morgan fingerprint density at radius 1 is 0.551 bits per heavy atom. The predicted molar refractivity (Wildman–Crippen MR) is 195 cm³/mol. The zero-order valence-corrected chi connectivity index (χ0v) is 28.0. The molecule has 0 aromatic heterocycles. The number of hydrogen-bond donors (Lipinski definition) is 2. The maximum absolute atomic E-state index is 13.3. The van der Waals surface area contributed by atoms with Crippen LogP contribution in [0, 0.1) is 23.7 Å². The average molecular weight is 655 g/mol. The molecule has 5 aromatic carbocycles. The van der Waals surface area contributed by atoms with Crippen molar-refractivity contribution in [3.8, 4) is 35.2 Å². The molecule has 0 amide bonds. The van der Waals surface area contributed by atoms with Crippen molar-refractivity contribution in [1.82, 2.24) is 0 Å². The van der Waals surface area contributed by atoms with Crippen molar-refractivity contribution >= 4 is 27.5 Å². The number of esters is 1. The molecule has 49 heavy (non-hydrogen) atoms. The lowest BCUT2D eigenvalue weighted by Gasteiger charge is -2.08. The molecule has 2 N–H and O–H groups in total. The van der Waals surface area contributed by atoms with E-state index in [2.05, 4.69) is 30.6 Å². The second kappa shape index (κ2) is 18.3. The lowest BCUT2D eigenvalue weighted by atomic mass is 10.0. The summed E-state index contributed by atoms with van der Waals surface area (Å²) in [6, 6.07) is 29.2. The molecule has 250 valence electrons. The highest BCUT2D eigenvalue weighted by Crippen LogP contribution is 2.24. The van der Waals surface area contributed by atoms with Gasteiger partial charge in [-0.05, 0) is 94.7 Å². The number of carbonyl (C=O) groups excluding carboxylic acids is 1. The van der Waals surface area contributed by atoms with Crippen molar-refractivity contribution in [2.45, 2.75) is 45.4 Å². The smallest absolute Gasteiger partial charge is 0.339 e. The van der Waals surface area contributed by atoms with Gasteiger partial charge in [0.05, 0.1) is 25.4 Å². The number of benzene rings is 5. The summed E-state index contributed by atoms with van der Waals surface area (Å²) in [4.78, 5) is 13.3. The van der Waals surface area contributed by atoms with Crippen molar-refractivity contribution < 1.29 is 29.2 Å². The topological polar surface area (TPSA) is 85.2 Å². The molecule has 0 aliphatic rings. The van der Waals surface area contributed by atoms with E-state index < -0.39 is 5.97 Å². The number of hydrogen-bond acceptors (Lipinski definition) is 6. The Hall–Kier alpha value is -5.27. The summed E-state index contributed by atoms with van der Waals surface area (Å²) in [6.07, 6.45) is 5.24. The second-order valence-corrected chi connectivity index (χ2v) is 11.8. The molecule has 0 aliphatic heterocycles. The molecule has 5 aromatic rings. The molecule has 0 radical (unpaired) electrons. The molecular weight excluding hydrogens is 612 g/mol. The van der Waals surface area contributed by atoms with Crippen molar-refractivity contribution in [3.63, 3.8) is 0 Å². The fourth-order valence-electron chi connectivity index (χ4n) is 5.25. The molecule has 0 saturated carbocycles. The standard InChI is InChI=1S/C43H42O6/c1-2-3-4-5-24-49-43(46)42-29-34(9-8-32-12-16-38-30-40(47-25-6-22-44)20-18-36(38)27-32)11-15-35(42)14-10-33-13-17-39-31-41(48-26-7-23-45)21-19-37(39)28-33/h11-13,15-21,27-31,44-45H,2-7,22-26H2,1H3. The van der Waals surface area contributed by atoms with Crippen molar-refractivity contribution in [1.29, 1.82) is 0 Å². The highest BCUT2D eigenvalue weighted by molar-refractivity contribution is 5.93. The Bertz CT molecular complexity index is 2010. The SMILES string of the molecule is CCCCCCOC(=O)c1cc(C#Cc2ccc3cc(OCCCO)ccc3c2)ccc1C#Cc1ccc2cc(OCCCO)ccc2c1. The summed E-state index contributed by atoms with van der Waals surface area (Å²) < 4.78 is 17.1. The Morgan fingerprint density at radius 2 is 1.06 bits per heavy atom. The molecule has 0 bridgehead atoms. The van der Waals surface area contributed by atoms with E-state index >= 15 is 0 Å². The third-order valence-corrected chi connectivity index (χ3v) is 7.93. The van der Waals surface area contributed by atoms with Crippen LogP contribution in [0.2, 0.25) is 0 Å². The van der Waals surface area contributed by atoms with Gasteiger partial charge in [-0.25, -0.2) is 4.79 Å². The first-order valence-corrected chi connectivity index (χ1v) is 17.0. The Balaban J connectivity index is 1.37. The zero-order valence-electron chi connectivity index (χ0n) is 28.0. The van der Waals surface area contributed by atoms with Gasteiger partial charge >= 0.3 is 5.97 Å². The maximum Gasteiger partial charge on any atom is 0.339 e. The number of rotatable bonds is 14. The van der Waals surface area contributed by atoms with Gasteiger partial charge < -0.3 is 24.4 Å². The van der Waals surface area contributed by atoms with Crippen LogP contribution in [-0.2, 0) is 4.74 Å². The average Bonchev–Trinajstić information content (AvgIpc) is 3.13. The number of carbonyl (C=O) groups is 1. The largest absolute Gasteiger partial charge is 0.493 e. The maximum atomic E-state index is 13.3. The van der Waals surface area contributed by atoms with E-state index in [0.717, 1.165) is 69.9 Å². The van der Waals surface area contributed by atoms with E-state index in [-0.39, 0.29) is 13.2 Å². The fourth-order valence-corrected chi connectivity index (χ4v) is 5.25. The number of aliphatic hydroxyl groups excluding tert-OH is 2. The predicted octanol–water partition coefficient (Wildman–Crippen LogP) is 8.05. The van der Waals surface area contributed by atoms with Gasteiger partial charge in [-0.3, -0.25) is 0 Å². The van der Waals surface area contributed by atoms with Gasteiger partial charge in [-0.15, -0.1) is 0 Å². The lowest BCUT2D eigenvalue weighted by molar-refractivity contribution is 0.0497. The first kappa shape index (κ1) is 35.0. The Morgan fingerprint density at radius 3 is 1.63 bits per heavy atom. The van der Waals surface area contributed by atoms with Crippen LogP contribution in [0.15, 0.2) is 91.0 Å². The number of unbranched alkanes of at least 4 members (excludes halogenated alkanes) is 3. The van der Waals surface area contributed by atoms with Crippen LogP contribution in [0.3, 0.4) is 0 Å². The van der Waals surface area contributed by atoms with Crippen molar-refractivity contribution in [3.05, 3.63) is 119 Å². The van der Waals surface area contributed by atoms with Crippen molar-refractivity contribution in [2.75, 3.05) is 33.0 Å². The summed E-state index contributed by atoms with van der Waals surface area (Å²) >= 11 is 0. The van der Waals surface area contributed by atoms with E-state index in [9.17, 15) is 4.79 Å². The van der Waals surface area contributed by atoms with Crippen molar-refractivity contribution in [2.24, 2.45) is 0 Å². The van der Waals surface area contributed by atoms with Gasteiger partial charge in [0, 0.05) is 48.3 Å². The molecule has 6 nitrogen and oxygen atoms in total. The van der Waals surface area contributed by atoms with Crippen LogP contribution in [0.5, 0.6) is 11.5 Å². The van der Waals surface area contributed by atoms with Crippen LogP contribution < -0.4 is 9.47 Å². The van der Waals surface area contributed by atoms with Crippen LogP contribution in [0.25, 0.3) is 21.5 Å². The van der Waals surface area contributed by atoms with Crippen LogP contribution in [0.1, 0.15) is 78.1 Å². The van der Waals surface area contributed by atoms with Gasteiger partial charge in [-0.1, -0.05) is 74.1 Å². The van der Waals surface area contributed by atoms with Crippen LogP contribution >= 0.6 is 0 Å². The highest BCUT2D eigenvalue weighted by atomic mass is 16.5. The second-order valence-electron chi connectivity index (χ2n) is 11.8. The van der Waals surface area contributed by atoms with E-state index in [1.165, 1.54) is 0 Å². The minimum Gasteiger partial charge on any atom is -0.493 e. The molecule has 6 heteroatoms. The fraction of sp³-hybridized carbons (Fsp3) is 0.279. The number of fused-ring (bicyclic) bond motifs is 2. The van der Waals surface area contributed by atoms with Gasteiger partial charge in [0.25, 0.3) is 0 Å². The highest BCUT2D eigenvalue weighted by Gasteiger charge is 2.13. The minimum absolute atomic E-state index is 0.0986. The molecule has 0 aliphatic carbocycles. The lowest BCUT2D eigenvalue weighted by Crippen LogP contribution is -2.09. The van der Waals surface area contributed by atoms with Crippen LogP contribution in [0.4, 0.5) is 0 Å². The van der Waals surface area contributed by atoms with Gasteiger partial charge in [0.1, 0.15) is 11.5 Å². The quantitative estimate of drug-likeness (QED) is 0.0716. The molecule has 0 saturated heterocycles. The van der Waals surface area contributed by atoms with E-state index in [1.54, 1.807) is 6.07 Å². The molecule has 0 unspecified atom stereocenters. The number of aliphatic hydroxyl groups is 2. The van der Waals surface area contributed by atoms with E-state index in [0.29, 0.717) is 49.4 Å². The molecule has 0 spiro atoms. The summed E-state index contributed by atoms with van der Waals surface area (Å²) in [5.41, 5.74) is 3.35. The summed E-state index contributed by atoms with van der Waals surface area (Å²) in [5, 5.41) is 22.1. The van der Waals surface area contributed by atoms with Gasteiger partial charge in [0.15, 0.2) is 0 Å². The van der Waals surface area contributed by atoms with E-state index in [4.69, 9.17) is 24.4 Å². The molecule has 0 fully saturated rings. The Kier molecular flexibility index (Phi) is 13.1. The zero-order chi connectivity index (χ0) is 34.3. The minimum atomic E-state index is -0.403. The third-order valence-electron chi connectivity index (χ3n) is 7.93. The molecular formula is C43H42O6. The monoisotopic (exact) mass is 654 g/mol. The normalized spacial score (nSPS) is 10.6. The third kappa shape index (κ3) is 10.4. The Labute approximate surface area is 288 Å². The van der Waals surface area contributed by atoms with Crippen LogP contribution in [-0.4, -0.2) is 49.2 Å². The molecule has 0 heterocycles. The van der Waals surface area contributed by atoms with Gasteiger partial charge in [-0.2, -0.15) is 0 Å². The molecule has 5 rings (SSSR count). The number of ether oxygens (including phenoxy) is 3.